The quantitative estimate of drug-likeness (QED) is 0.330. The molecule has 0 saturated heterocycles. The van der Waals surface area contributed by atoms with Crippen molar-refractivity contribution in [3.05, 3.63) is 41.4 Å². The van der Waals surface area contributed by atoms with Gasteiger partial charge in [-0.2, -0.15) is 0 Å². The number of primary amides is 1. The summed E-state index contributed by atoms with van der Waals surface area (Å²) in [5, 5.41) is 4.49. The summed E-state index contributed by atoms with van der Waals surface area (Å²) in [5.74, 6) is 6.14. The van der Waals surface area contributed by atoms with Crippen LogP contribution >= 0.6 is 11.3 Å². The van der Waals surface area contributed by atoms with Crippen LogP contribution in [0, 0.1) is 0 Å². The monoisotopic (exact) mass is 370 g/mol. The second-order valence-electron chi connectivity index (χ2n) is 5.75. The van der Waals surface area contributed by atoms with E-state index in [1.807, 2.05) is 18.2 Å². The van der Waals surface area contributed by atoms with E-state index in [-0.39, 0.29) is 18.0 Å². The van der Waals surface area contributed by atoms with Crippen LogP contribution in [-0.4, -0.2) is 28.2 Å². The number of amides is 1. The van der Waals surface area contributed by atoms with Crippen LogP contribution in [-0.2, 0) is 4.79 Å². The number of nitrogens with two attached hydrogens (primary N) is 2. The Morgan fingerprint density at radius 1 is 1.38 bits per heavy atom. The number of pyridine rings is 1. The molecular weight excluding hydrogens is 352 g/mol. The summed E-state index contributed by atoms with van der Waals surface area (Å²) in [7, 11) is 0. The van der Waals surface area contributed by atoms with Gasteiger partial charge in [-0.3, -0.25) is 9.80 Å². The fourth-order valence-corrected chi connectivity index (χ4v) is 3.10. The summed E-state index contributed by atoms with van der Waals surface area (Å²) in [4.78, 5) is 31.1. The van der Waals surface area contributed by atoms with Gasteiger partial charge in [0.15, 0.2) is 0 Å². The molecule has 0 bridgehead atoms. The molecular formula is C17H18N6O2S. The number of hydrazine groups is 1. The topological polar surface area (TPSA) is 127 Å². The molecule has 2 heterocycles. The Hall–Kier alpha value is -3.04. The van der Waals surface area contributed by atoms with Crippen molar-refractivity contribution in [3.63, 3.8) is 0 Å². The molecule has 0 fully saturated rings. The molecule has 3 rings (SSSR count). The maximum absolute atomic E-state index is 11.7. The summed E-state index contributed by atoms with van der Waals surface area (Å²) < 4.78 is 1.06. The van der Waals surface area contributed by atoms with Gasteiger partial charge in [-0.05, 0) is 37.3 Å². The lowest BCUT2D eigenvalue weighted by atomic mass is 10.2. The fraction of sp³-hybridized carbons (Fsp3) is 0.176. The molecule has 1 amide bonds. The molecule has 1 atom stereocenters. The minimum absolute atomic E-state index is 0.237. The van der Waals surface area contributed by atoms with Crippen LogP contribution in [0.1, 0.15) is 23.7 Å². The third-order valence-electron chi connectivity index (χ3n) is 3.92. The number of nitrogens with one attached hydrogen (secondary N) is 1. The Morgan fingerprint density at radius 3 is 2.92 bits per heavy atom. The molecule has 1 aromatic carbocycles. The molecule has 1 unspecified atom stereocenters. The van der Waals surface area contributed by atoms with Crippen molar-refractivity contribution in [2.45, 2.75) is 19.4 Å². The van der Waals surface area contributed by atoms with Crippen molar-refractivity contribution >= 4 is 51.1 Å². The number of fused-ring (bicyclic) bond motifs is 1. The number of nitrogens with zero attached hydrogens (tertiary/aromatic N) is 3. The third kappa shape index (κ3) is 3.63. The van der Waals surface area contributed by atoms with Gasteiger partial charge in [0.2, 0.25) is 0 Å². The number of thiazole rings is 1. The molecule has 134 valence electrons. The van der Waals surface area contributed by atoms with Gasteiger partial charge in [-0.25, -0.2) is 15.8 Å². The maximum Gasteiger partial charge on any atom is 0.252 e. The summed E-state index contributed by atoms with van der Waals surface area (Å²) in [6.45, 7) is 1.81. The van der Waals surface area contributed by atoms with Crippen LogP contribution in [0.25, 0.3) is 10.2 Å². The lowest BCUT2D eigenvalue weighted by Crippen LogP contribution is -2.40. The lowest BCUT2D eigenvalue weighted by molar-refractivity contribution is -0.108. The van der Waals surface area contributed by atoms with Crippen molar-refractivity contribution in [3.8, 4) is 0 Å². The van der Waals surface area contributed by atoms with Crippen LogP contribution in [0.15, 0.2) is 35.8 Å². The molecule has 0 aliphatic heterocycles. The highest BCUT2D eigenvalue weighted by Crippen LogP contribution is 2.26. The molecule has 0 radical (unpaired) electrons. The van der Waals surface area contributed by atoms with Crippen molar-refractivity contribution in [2.75, 3.05) is 10.3 Å². The Balaban J connectivity index is 1.95. The average Bonchev–Trinajstić information content (AvgIpc) is 3.08. The molecule has 8 nitrogen and oxygen atoms in total. The van der Waals surface area contributed by atoms with Gasteiger partial charge < -0.3 is 15.8 Å². The molecule has 5 N–H and O–H groups in total. The SMILES string of the molecule is CC(CC=O)N(N)c1ccc(C(N)=O)c(Nc2ccc3scnc3c2)n1. The Morgan fingerprint density at radius 2 is 2.19 bits per heavy atom. The number of hydrogen-bond acceptors (Lipinski definition) is 8. The van der Waals surface area contributed by atoms with Crippen LogP contribution in [0.5, 0.6) is 0 Å². The smallest absolute Gasteiger partial charge is 0.252 e. The van der Waals surface area contributed by atoms with Crippen LogP contribution in [0.3, 0.4) is 0 Å². The Labute approximate surface area is 153 Å². The minimum Gasteiger partial charge on any atom is -0.365 e. The van der Waals surface area contributed by atoms with Crippen molar-refractivity contribution in [2.24, 2.45) is 11.6 Å². The number of carbonyl (C=O) groups is 2. The Bertz CT molecular complexity index is 957. The van der Waals surface area contributed by atoms with E-state index in [9.17, 15) is 9.59 Å². The van der Waals surface area contributed by atoms with E-state index in [1.165, 1.54) is 5.01 Å². The Kier molecular flexibility index (Phi) is 5.10. The maximum atomic E-state index is 11.7. The molecule has 0 saturated carbocycles. The molecule has 0 spiro atoms. The van der Waals surface area contributed by atoms with E-state index in [2.05, 4.69) is 15.3 Å². The molecule has 0 aliphatic carbocycles. The predicted molar refractivity (Wildman–Crippen MR) is 102 cm³/mol. The van der Waals surface area contributed by atoms with E-state index < -0.39 is 5.91 Å². The van der Waals surface area contributed by atoms with Gasteiger partial charge in [0.1, 0.15) is 17.9 Å². The molecule has 3 aromatic rings. The van der Waals surface area contributed by atoms with E-state index in [0.29, 0.717) is 11.6 Å². The first-order valence-corrected chi connectivity index (χ1v) is 8.76. The highest BCUT2D eigenvalue weighted by atomic mass is 32.1. The van der Waals surface area contributed by atoms with Crippen LogP contribution < -0.4 is 21.9 Å². The normalized spacial score (nSPS) is 11.9. The number of aromatic nitrogens is 2. The number of aldehydes is 1. The summed E-state index contributed by atoms with van der Waals surface area (Å²) in [6, 6.07) is 8.58. The second-order valence-corrected chi connectivity index (χ2v) is 6.63. The zero-order chi connectivity index (χ0) is 18.7. The van der Waals surface area contributed by atoms with Gasteiger partial charge in [-0.1, -0.05) is 0 Å². The highest BCUT2D eigenvalue weighted by Gasteiger charge is 2.16. The number of anilines is 3. The van der Waals surface area contributed by atoms with Gasteiger partial charge in [0.25, 0.3) is 5.91 Å². The van der Waals surface area contributed by atoms with Crippen LogP contribution in [0.2, 0.25) is 0 Å². The number of rotatable bonds is 7. The van der Waals surface area contributed by atoms with Crippen molar-refractivity contribution in [1.29, 1.82) is 0 Å². The first-order chi connectivity index (χ1) is 12.5. The van der Waals surface area contributed by atoms with Gasteiger partial charge in [0, 0.05) is 12.1 Å². The van der Waals surface area contributed by atoms with Gasteiger partial charge >= 0.3 is 0 Å². The zero-order valence-corrected chi connectivity index (χ0v) is 14.9. The van der Waals surface area contributed by atoms with Crippen molar-refractivity contribution in [1.82, 2.24) is 9.97 Å². The van der Waals surface area contributed by atoms with Crippen LogP contribution in [0.4, 0.5) is 17.3 Å². The molecule has 0 aliphatic rings. The number of hydrogen-bond donors (Lipinski definition) is 3. The highest BCUT2D eigenvalue weighted by molar-refractivity contribution is 7.16. The first-order valence-electron chi connectivity index (χ1n) is 7.88. The molecule has 26 heavy (non-hydrogen) atoms. The van der Waals surface area contributed by atoms with Gasteiger partial charge in [-0.15, -0.1) is 11.3 Å². The predicted octanol–water partition coefficient (Wildman–Crippen LogP) is 2.19. The lowest BCUT2D eigenvalue weighted by Gasteiger charge is -2.24. The third-order valence-corrected chi connectivity index (χ3v) is 4.73. The summed E-state index contributed by atoms with van der Waals surface area (Å²) in [5.41, 5.74) is 9.03. The van der Waals surface area contributed by atoms with Crippen molar-refractivity contribution < 1.29 is 9.59 Å². The first kappa shape index (κ1) is 17.8. The fourth-order valence-electron chi connectivity index (χ4n) is 2.44. The number of benzene rings is 1. The second kappa shape index (κ2) is 7.46. The van der Waals surface area contributed by atoms with E-state index in [0.717, 1.165) is 22.2 Å². The summed E-state index contributed by atoms with van der Waals surface area (Å²) >= 11 is 1.54. The standard InChI is InChI=1S/C17H18N6O2S/c1-10(6-7-24)23(19)15-5-3-12(16(18)25)17(22-15)21-11-2-4-14-13(8-11)20-9-26-14/h2-5,7-10H,6,19H2,1H3,(H2,18,25)(H,21,22). The number of carbonyl (C=O) groups excluding carboxylic acids is 2. The molecule has 9 heteroatoms. The van der Waals surface area contributed by atoms with E-state index in [1.54, 1.807) is 35.9 Å². The zero-order valence-electron chi connectivity index (χ0n) is 14.0. The largest absolute Gasteiger partial charge is 0.365 e. The van der Waals surface area contributed by atoms with E-state index in [4.69, 9.17) is 11.6 Å². The minimum atomic E-state index is -0.606. The molecule has 2 aromatic heterocycles. The average molecular weight is 370 g/mol. The van der Waals surface area contributed by atoms with E-state index >= 15 is 0 Å². The summed E-state index contributed by atoms with van der Waals surface area (Å²) in [6.07, 6.45) is 1.06. The van der Waals surface area contributed by atoms with Gasteiger partial charge in [0.05, 0.1) is 27.3 Å².